The summed E-state index contributed by atoms with van der Waals surface area (Å²) in [4.78, 5) is 13.7. The molecular weight excluding hydrogens is 428 g/mol. The van der Waals surface area contributed by atoms with Crippen LogP contribution >= 0.6 is 0 Å². The molecule has 2 aliphatic heterocycles. The first-order valence-corrected chi connectivity index (χ1v) is 10.7. The number of phenols is 3. The van der Waals surface area contributed by atoms with Gasteiger partial charge in [-0.2, -0.15) is 0 Å². The van der Waals surface area contributed by atoms with Crippen LogP contribution in [0.4, 0.5) is 0 Å². The average Bonchev–Trinajstić information content (AvgIpc) is 3.04. The van der Waals surface area contributed by atoms with E-state index in [-0.39, 0.29) is 63.9 Å². The maximum atomic E-state index is 13.7. The maximum Gasteiger partial charge on any atom is 0.200 e. The van der Waals surface area contributed by atoms with Gasteiger partial charge in [0.25, 0.3) is 0 Å². The highest BCUT2D eigenvalue weighted by Crippen LogP contribution is 2.59. The molecule has 3 aromatic rings. The third-order valence-electron chi connectivity index (χ3n) is 6.91. The second kappa shape index (κ2) is 6.02. The first-order valence-electron chi connectivity index (χ1n) is 10.7. The monoisotopic (exact) mass is 450 g/mol. The van der Waals surface area contributed by atoms with E-state index in [0.717, 1.165) is 6.07 Å². The van der Waals surface area contributed by atoms with Crippen molar-refractivity contribution in [3.05, 3.63) is 45.1 Å². The SMILES string of the molecule is CC1(C)C=Cc2c(cc(O)c3c(=O)c4c(oc23)-c2c(O)cc(O)c3c2[C@H](C4)[C@@](C)(CO)O3)O1. The molecule has 33 heavy (non-hydrogen) atoms. The normalized spacial score (nSPS) is 23.5. The summed E-state index contributed by atoms with van der Waals surface area (Å²) >= 11 is 0. The number of aromatic hydroxyl groups is 3. The smallest absolute Gasteiger partial charge is 0.200 e. The highest BCUT2D eigenvalue weighted by atomic mass is 16.5. The standard InChI is InChI=1S/C25H22O8/c1-24(2)5-4-10-16(32-24)8-14(28)19-20(30)11-6-12-17-18(22(11)31-21(10)19)13(27)7-15(29)23(17)33-25(12,3)9-26/h4-5,7-8,12,26-29H,6,9H2,1-3H3/t12-,25+/m0/s1. The van der Waals surface area contributed by atoms with Gasteiger partial charge in [0, 0.05) is 29.2 Å². The van der Waals surface area contributed by atoms with Gasteiger partial charge < -0.3 is 34.3 Å². The van der Waals surface area contributed by atoms with Gasteiger partial charge in [0.15, 0.2) is 22.5 Å². The van der Waals surface area contributed by atoms with E-state index in [1.807, 2.05) is 19.9 Å². The fourth-order valence-electron chi connectivity index (χ4n) is 5.22. The van der Waals surface area contributed by atoms with Crippen molar-refractivity contribution in [3.8, 4) is 40.1 Å². The fourth-order valence-corrected chi connectivity index (χ4v) is 5.22. The number of phenolic OH excluding ortho intramolecular Hbond substituents is 3. The molecule has 170 valence electrons. The van der Waals surface area contributed by atoms with Crippen LogP contribution in [-0.2, 0) is 6.42 Å². The Hall–Kier alpha value is -3.65. The molecular formula is C25H22O8. The van der Waals surface area contributed by atoms with Gasteiger partial charge >= 0.3 is 0 Å². The molecule has 8 heteroatoms. The lowest BCUT2D eigenvalue weighted by atomic mass is 9.74. The number of ether oxygens (including phenoxy) is 2. The number of benzene rings is 2. The Kier molecular flexibility index (Phi) is 3.65. The summed E-state index contributed by atoms with van der Waals surface area (Å²) < 4.78 is 18.1. The summed E-state index contributed by atoms with van der Waals surface area (Å²) in [6, 6.07) is 2.55. The fraction of sp³-hybridized carbons (Fsp3) is 0.320. The number of aliphatic hydroxyl groups excluding tert-OH is 1. The van der Waals surface area contributed by atoms with Crippen LogP contribution in [0.2, 0.25) is 0 Å². The van der Waals surface area contributed by atoms with Gasteiger partial charge in [-0.25, -0.2) is 0 Å². The van der Waals surface area contributed by atoms with Crippen molar-refractivity contribution >= 4 is 17.0 Å². The van der Waals surface area contributed by atoms with Gasteiger partial charge in [-0.05, 0) is 39.3 Å². The summed E-state index contributed by atoms with van der Waals surface area (Å²) in [6.45, 7) is 5.06. The number of hydrogen-bond donors (Lipinski definition) is 4. The van der Waals surface area contributed by atoms with Gasteiger partial charge in [-0.3, -0.25) is 4.79 Å². The van der Waals surface area contributed by atoms with Gasteiger partial charge in [-0.1, -0.05) is 0 Å². The van der Waals surface area contributed by atoms with Crippen LogP contribution < -0.4 is 14.9 Å². The minimum Gasteiger partial charge on any atom is -0.507 e. The molecule has 0 radical (unpaired) electrons. The zero-order valence-corrected chi connectivity index (χ0v) is 18.2. The van der Waals surface area contributed by atoms with E-state index < -0.39 is 22.5 Å². The summed E-state index contributed by atoms with van der Waals surface area (Å²) in [5.41, 5.74) is -0.507. The maximum absolute atomic E-state index is 13.7. The Bertz CT molecular complexity index is 1480. The molecule has 1 aliphatic carbocycles. The largest absolute Gasteiger partial charge is 0.507 e. The lowest BCUT2D eigenvalue weighted by Crippen LogP contribution is -2.41. The third kappa shape index (κ3) is 2.47. The molecule has 2 aromatic carbocycles. The second-order valence-corrected chi connectivity index (χ2v) is 9.65. The Morgan fingerprint density at radius 2 is 1.82 bits per heavy atom. The molecule has 0 saturated heterocycles. The number of fused-ring (bicyclic) bond motifs is 5. The van der Waals surface area contributed by atoms with Gasteiger partial charge in [0.1, 0.15) is 39.6 Å². The number of rotatable bonds is 1. The van der Waals surface area contributed by atoms with Crippen LogP contribution in [0.5, 0.6) is 28.7 Å². The zero-order valence-electron chi connectivity index (χ0n) is 18.2. The van der Waals surface area contributed by atoms with E-state index in [4.69, 9.17) is 13.9 Å². The van der Waals surface area contributed by atoms with E-state index in [2.05, 4.69) is 0 Å². The Balaban J connectivity index is 1.72. The van der Waals surface area contributed by atoms with E-state index in [1.165, 1.54) is 6.07 Å². The van der Waals surface area contributed by atoms with Crippen molar-refractivity contribution in [1.29, 1.82) is 0 Å². The van der Waals surface area contributed by atoms with E-state index in [0.29, 0.717) is 16.9 Å². The van der Waals surface area contributed by atoms with Crippen LogP contribution in [0.15, 0.2) is 27.4 Å². The first-order chi connectivity index (χ1) is 15.5. The van der Waals surface area contributed by atoms with Gasteiger partial charge in [0.05, 0.1) is 17.7 Å². The molecule has 0 fully saturated rings. The highest BCUT2D eigenvalue weighted by molar-refractivity contribution is 5.96. The molecule has 4 N–H and O–H groups in total. The van der Waals surface area contributed by atoms with Crippen molar-refractivity contribution in [2.75, 3.05) is 6.61 Å². The summed E-state index contributed by atoms with van der Waals surface area (Å²) in [5, 5.41) is 42.0. The highest BCUT2D eigenvalue weighted by Gasteiger charge is 2.51. The molecule has 2 atom stereocenters. The predicted molar refractivity (Wildman–Crippen MR) is 119 cm³/mol. The van der Waals surface area contributed by atoms with Crippen LogP contribution in [0.3, 0.4) is 0 Å². The summed E-state index contributed by atoms with van der Waals surface area (Å²) in [6.07, 6.45) is 3.76. The molecule has 8 nitrogen and oxygen atoms in total. The molecule has 6 rings (SSSR count). The summed E-state index contributed by atoms with van der Waals surface area (Å²) in [5.74, 6) is -0.626. The molecule has 0 amide bonds. The van der Waals surface area contributed by atoms with Crippen LogP contribution in [0, 0.1) is 0 Å². The number of aliphatic hydroxyl groups is 1. The van der Waals surface area contributed by atoms with E-state index in [9.17, 15) is 25.2 Å². The lowest BCUT2D eigenvalue weighted by Gasteiger charge is -2.32. The lowest BCUT2D eigenvalue weighted by molar-refractivity contribution is 0.0220. The van der Waals surface area contributed by atoms with Crippen LogP contribution in [0.1, 0.15) is 43.4 Å². The molecule has 0 bridgehead atoms. The van der Waals surface area contributed by atoms with Crippen molar-refractivity contribution in [2.24, 2.45) is 0 Å². The van der Waals surface area contributed by atoms with Crippen molar-refractivity contribution in [3.63, 3.8) is 0 Å². The van der Waals surface area contributed by atoms with Gasteiger partial charge in [-0.15, -0.1) is 0 Å². The van der Waals surface area contributed by atoms with E-state index >= 15 is 0 Å². The summed E-state index contributed by atoms with van der Waals surface area (Å²) in [7, 11) is 0. The minimum absolute atomic E-state index is 0.0204. The molecule has 3 heterocycles. The quantitative estimate of drug-likeness (QED) is 0.443. The Morgan fingerprint density at radius 1 is 1.06 bits per heavy atom. The van der Waals surface area contributed by atoms with Crippen LogP contribution in [0.25, 0.3) is 28.4 Å². The zero-order chi connectivity index (χ0) is 23.4. The molecule has 0 saturated carbocycles. The topological polar surface area (TPSA) is 130 Å². The average molecular weight is 450 g/mol. The Labute approximate surface area is 187 Å². The Morgan fingerprint density at radius 3 is 2.55 bits per heavy atom. The molecule has 1 aromatic heterocycles. The predicted octanol–water partition coefficient (Wildman–Crippen LogP) is 3.54. The molecule has 3 aliphatic rings. The first kappa shape index (κ1) is 20.0. The van der Waals surface area contributed by atoms with Crippen molar-refractivity contribution < 1.29 is 34.3 Å². The van der Waals surface area contributed by atoms with Crippen LogP contribution in [-0.4, -0.2) is 38.2 Å². The van der Waals surface area contributed by atoms with Gasteiger partial charge in [0.2, 0.25) is 0 Å². The van der Waals surface area contributed by atoms with E-state index in [1.54, 1.807) is 13.0 Å². The molecule has 0 spiro atoms. The molecule has 0 unspecified atom stereocenters. The minimum atomic E-state index is -1.11. The second-order valence-electron chi connectivity index (χ2n) is 9.65. The third-order valence-corrected chi connectivity index (χ3v) is 6.91. The van der Waals surface area contributed by atoms with Crippen molar-refractivity contribution in [2.45, 2.75) is 44.3 Å². The van der Waals surface area contributed by atoms with Crippen molar-refractivity contribution in [1.82, 2.24) is 0 Å². The number of hydrogen-bond acceptors (Lipinski definition) is 8.